The monoisotopic (exact) mass is 375 g/mol. The third-order valence-electron chi connectivity index (χ3n) is 3.85. The molecule has 0 aliphatic heterocycles. The number of carbonyl (C=O) groups is 1. The number of hydrogen-bond donors (Lipinski definition) is 2. The molecule has 0 aliphatic rings. The van der Waals surface area contributed by atoms with Crippen LogP contribution in [-0.4, -0.2) is 12.5 Å². The fourth-order valence-electron chi connectivity index (χ4n) is 2.63. The van der Waals surface area contributed by atoms with Crippen LogP contribution in [0.15, 0.2) is 59.3 Å². The van der Waals surface area contributed by atoms with E-state index >= 15 is 0 Å². The van der Waals surface area contributed by atoms with Crippen molar-refractivity contribution in [1.82, 2.24) is 5.32 Å². The number of hydrogen-bond acceptors (Lipinski definition) is 3. The fourth-order valence-corrected chi connectivity index (χ4v) is 4.18. The normalized spacial score (nSPS) is 11.0. The molecule has 3 aromatic rings. The smallest absolute Gasteiger partial charge is 0.275 e. The summed E-state index contributed by atoms with van der Waals surface area (Å²) in [5.74, 6) is -0.351. The topological polar surface area (TPSA) is 33.5 Å². The molecule has 0 aliphatic carbocycles. The third kappa shape index (κ3) is 5.49. The zero-order valence-electron chi connectivity index (χ0n) is 13.7. The van der Waals surface area contributed by atoms with Crippen molar-refractivity contribution in [3.8, 4) is 0 Å². The maximum absolute atomic E-state index is 13.7. The predicted molar refractivity (Wildman–Crippen MR) is 100 cm³/mol. The average molecular weight is 376 g/mol. The molecule has 2 aromatic heterocycles. The summed E-state index contributed by atoms with van der Waals surface area (Å²) < 4.78 is 13.7. The molecule has 25 heavy (non-hydrogen) atoms. The van der Waals surface area contributed by atoms with Gasteiger partial charge in [-0.25, -0.2) is 4.39 Å². The molecule has 1 amide bonds. The van der Waals surface area contributed by atoms with Gasteiger partial charge in [0, 0.05) is 12.1 Å². The van der Waals surface area contributed by atoms with Gasteiger partial charge >= 0.3 is 0 Å². The molecule has 2 N–H and O–H groups in total. The Kier molecular flexibility index (Phi) is 6.33. The molecule has 0 radical (unpaired) electrons. The summed E-state index contributed by atoms with van der Waals surface area (Å²) in [6.07, 6.45) is 0. The van der Waals surface area contributed by atoms with Gasteiger partial charge in [-0.1, -0.05) is 30.3 Å². The van der Waals surface area contributed by atoms with Crippen LogP contribution >= 0.6 is 22.7 Å². The SMILES string of the molecule is O=C(C[NH+](Cc1cccs1)Cc1cccs1)NCc1ccccc1F. The summed E-state index contributed by atoms with van der Waals surface area (Å²) >= 11 is 3.41. The van der Waals surface area contributed by atoms with Crippen molar-refractivity contribution in [2.24, 2.45) is 0 Å². The van der Waals surface area contributed by atoms with Crippen molar-refractivity contribution in [3.63, 3.8) is 0 Å². The largest absolute Gasteiger partial charge is 0.347 e. The Morgan fingerprint density at radius 3 is 2.16 bits per heavy atom. The highest BCUT2D eigenvalue weighted by Gasteiger charge is 2.17. The second kappa shape index (κ2) is 8.89. The molecular weight excluding hydrogens is 355 g/mol. The first-order valence-electron chi connectivity index (χ1n) is 8.09. The molecule has 0 unspecified atom stereocenters. The molecule has 1 aromatic carbocycles. The van der Waals surface area contributed by atoms with E-state index in [0.29, 0.717) is 12.1 Å². The van der Waals surface area contributed by atoms with Crippen LogP contribution in [0.3, 0.4) is 0 Å². The van der Waals surface area contributed by atoms with Crippen LogP contribution in [0, 0.1) is 5.82 Å². The van der Waals surface area contributed by atoms with Gasteiger partial charge in [0.2, 0.25) is 0 Å². The van der Waals surface area contributed by atoms with Crippen LogP contribution in [0.2, 0.25) is 0 Å². The van der Waals surface area contributed by atoms with Gasteiger partial charge in [-0.3, -0.25) is 4.79 Å². The summed E-state index contributed by atoms with van der Waals surface area (Å²) in [6, 6.07) is 14.8. The molecular formula is C19H20FN2OS2+. The number of amides is 1. The Hall–Kier alpha value is -2.02. The third-order valence-corrected chi connectivity index (χ3v) is 5.61. The van der Waals surface area contributed by atoms with E-state index in [4.69, 9.17) is 0 Å². The fraction of sp³-hybridized carbons (Fsp3) is 0.211. The maximum atomic E-state index is 13.7. The van der Waals surface area contributed by atoms with Crippen LogP contribution < -0.4 is 10.2 Å². The van der Waals surface area contributed by atoms with Crippen molar-refractivity contribution in [3.05, 3.63) is 80.4 Å². The highest BCUT2D eigenvalue weighted by atomic mass is 32.1. The van der Waals surface area contributed by atoms with Gasteiger partial charge in [0.15, 0.2) is 6.54 Å². The quantitative estimate of drug-likeness (QED) is 0.624. The Morgan fingerprint density at radius 1 is 0.960 bits per heavy atom. The molecule has 0 saturated carbocycles. The number of benzene rings is 1. The standard InChI is InChI=1S/C19H19FN2OS2/c20-18-8-2-1-5-15(18)11-21-19(23)14-22(12-16-6-3-9-24-16)13-17-7-4-10-25-17/h1-10H,11-14H2,(H,21,23)/p+1. The first-order chi connectivity index (χ1) is 12.2. The van der Waals surface area contributed by atoms with E-state index in [1.807, 2.05) is 12.1 Å². The van der Waals surface area contributed by atoms with Crippen molar-refractivity contribution in [2.75, 3.05) is 6.54 Å². The lowest BCUT2D eigenvalue weighted by Gasteiger charge is -2.18. The van der Waals surface area contributed by atoms with Gasteiger partial charge in [-0.15, -0.1) is 22.7 Å². The van der Waals surface area contributed by atoms with E-state index in [1.165, 1.54) is 20.7 Å². The molecule has 0 spiro atoms. The molecule has 0 bridgehead atoms. The van der Waals surface area contributed by atoms with E-state index < -0.39 is 0 Å². The van der Waals surface area contributed by atoms with Crippen LogP contribution in [0.25, 0.3) is 0 Å². The summed E-state index contributed by atoms with van der Waals surface area (Å²) in [4.78, 5) is 16.0. The molecule has 3 nitrogen and oxygen atoms in total. The van der Waals surface area contributed by atoms with Crippen molar-refractivity contribution >= 4 is 28.6 Å². The number of nitrogens with one attached hydrogen (secondary N) is 2. The van der Waals surface area contributed by atoms with Gasteiger partial charge in [-0.2, -0.15) is 0 Å². The van der Waals surface area contributed by atoms with E-state index in [2.05, 4.69) is 28.2 Å². The number of thiophene rings is 2. The van der Waals surface area contributed by atoms with E-state index in [-0.39, 0.29) is 18.3 Å². The molecule has 2 heterocycles. The zero-order chi connectivity index (χ0) is 17.5. The Bertz CT molecular complexity index is 751. The van der Waals surface area contributed by atoms with Crippen molar-refractivity contribution in [2.45, 2.75) is 19.6 Å². The molecule has 130 valence electrons. The molecule has 0 saturated heterocycles. The molecule has 0 atom stereocenters. The second-order valence-corrected chi connectivity index (χ2v) is 7.87. The van der Waals surface area contributed by atoms with Crippen LogP contribution in [0.4, 0.5) is 4.39 Å². The van der Waals surface area contributed by atoms with Crippen LogP contribution in [-0.2, 0) is 24.4 Å². The second-order valence-electron chi connectivity index (χ2n) is 5.81. The number of rotatable bonds is 8. The first kappa shape index (κ1) is 17.8. The highest BCUT2D eigenvalue weighted by molar-refractivity contribution is 7.10. The number of carbonyl (C=O) groups excluding carboxylic acids is 1. The zero-order valence-corrected chi connectivity index (χ0v) is 15.3. The van der Waals surface area contributed by atoms with Gasteiger partial charge in [-0.05, 0) is 29.0 Å². The summed E-state index contributed by atoms with van der Waals surface area (Å²) in [7, 11) is 0. The molecule has 0 fully saturated rings. The maximum Gasteiger partial charge on any atom is 0.275 e. The first-order valence-corrected chi connectivity index (χ1v) is 9.85. The lowest BCUT2D eigenvalue weighted by molar-refractivity contribution is -0.919. The summed E-state index contributed by atoms with van der Waals surface area (Å²) in [5, 5.41) is 6.94. The lowest BCUT2D eigenvalue weighted by atomic mass is 10.2. The van der Waals surface area contributed by atoms with Gasteiger partial charge in [0.25, 0.3) is 5.91 Å². The van der Waals surface area contributed by atoms with Crippen LogP contribution in [0.5, 0.6) is 0 Å². The molecule has 3 rings (SSSR count). The Balaban J connectivity index is 1.58. The summed E-state index contributed by atoms with van der Waals surface area (Å²) in [5.41, 5.74) is 0.508. The lowest BCUT2D eigenvalue weighted by Crippen LogP contribution is -3.10. The van der Waals surface area contributed by atoms with E-state index in [1.54, 1.807) is 40.9 Å². The van der Waals surface area contributed by atoms with E-state index in [9.17, 15) is 9.18 Å². The van der Waals surface area contributed by atoms with Gasteiger partial charge in [0.1, 0.15) is 18.9 Å². The minimum Gasteiger partial charge on any atom is -0.347 e. The highest BCUT2D eigenvalue weighted by Crippen LogP contribution is 2.09. The Morgan fingerprint density at radius 2 is 1.60 bits per heavy atom. The Labute approximate surface area is 154 Å². The number of quaternary nitrogens is 1. The summed E-state index contributed by atoms with van der Waals surface area (Å²) in [6.45, 7) is 2.20. The minimum atomic E-state index is -0.288. The van der Waals surface area contributed by atoms with Gasteiger partial charge in [0.05, 0.1) is 9.75 Å². The van der Waals surface area contributed by atoms with Crippen molar-refractivity contribution < 1.29 is 14.1 Å². The average Bonchev–Trinajstić information content (AvgIpc) is 3.28. The minimum absolute atomic E-state index is 0.0636. The predicted octanol–water partition coefficient (Wildman–Crippen LogP) is 2.85. The van der Waals surface area contributed by atoms with E-state index in [0.717, 1.165) is 13.1 Å². The van der Waals surface area contributed by atoms with Crippen molar-refractivity contribution in [1.29, 1.82) is 0 Å². The van der Waals surface area contributed by atoms with Crippen LogP contribution in [0.1, 0.15) is 15.3 Å². The number of halogens is 1. The molecule has 6 heteroatoms. The van der Waals surface area contributed by atoms with Gasteiger partial charge < -0.3 is 10.2 Å².